The van der Waals surface area contributed by atoms with Gasteiger partial charge in [-0.25, -0.2) is 0 Å². The summed E-state index contributed by atoms with van der Waals surface area (Å²) in [6, 6.07) is 4.75. The highest BCUT2D eigenvalue weighted by Crippen LogP contribution is 2.41. The Balaban J connectivity index is 2.14. The predicted octanol–water partition coefficient (Wildman–Crippen LogP) is 2.51. The first-order valence-corrected chi connectivity index (χ1v) is 5.72. The molecule has 1 aromatic rings. The molecule has 3 nitrogen and oxygen atoms in total. The Morgan fingerprint density at radius 1 is 1.19 bits per heavy atom. The molecule has 1 aliphatic rings. The normalized spacial score (nSPS) is 30.2. The third-order valence-corrected chi connectivity index (χ3v) is 3.52. The molecule has 0 aromatic heterocycles. The van der Waals surface area contributed by atoms with E-state index >= 15 is 0 Å². The topological polar surface area (TPSA) is 60.7 Å². The van der Waals surface area contributed by atoms with Crippen LogP contribution in [0.1, 0.15) is 44.1 Å². The van der Waals surface area contributed by atoms with Crippen molar-refractivity contribution in [2.75, 3.05) is 0 Å². The Morgan fingerprint density at radius 2 is 1.81 bits per heavy atom. The Bertz CT molecular complexity index is 375. The Hall–Kier alpha value is -1.22. The molecule has 88 valence electrons. The van der Waals surface area contributed by atoms with Crippen LogP contribution in [0.3, 0.4) is 0 Å². The lowest BCUT2D eigenvalue weighted by atomic mass is 9.77. The van der Waals surface area contributed by atoms with Gasteiger partial charge >= 0.3 is 0 Å². The van der Waals surface area contributed by atoms with Crippen LogP contribution < -0.4 is 0 Å². The van der Waals surface area contributed by atoms with Crippen molar-refractivity contribution in [1.29, 1.82) is 0 Å². The van der Waals surface area contributed by atoms with Gasteiger partial charge in [-0.1, -0.05) is 6.07 Å². The SMILES string of the molecule is CC1(O)CCC(c2ccc(O)cc2O)CC1. The Morgan fingerprint density at radius 3 is 2.38 bits per heavy atom. The summed E-state index contributed by atoms with van der Waals surface area (Å²) < 4.78 is 0. The van der Waals surface area contributed by atoms with Crippen LogP contribution in [-0.4, -0.2) is 20.9 Å². The maximum atomic E-state index is 9.85. The fourth-order valence-electron chi connectivity index (χ4n) is 2.43. The van der Waals surface area contributed by atoms with Crippen molar-refractivity contribution in [2.45, 2.75) is 44.1 Å². The molecule has 0 radical (unpaired) electrons. The highest BCUT2D eigenvalue weighted by molar-refractivity contribution is 5.41. The van der Waals surface area contributed by atoms with Crippen molar-refractivity contribution < 1.29 is 15.3 Å². The number of hydrogen-bond acceptors (Lipinski definition) is 3. The summed E-state index contributed by atoms with van der Waals surface area (Å²) in [5.41, 5.74) is 0.330. The molecule has 0 amide bonds. The summed E-state index contributed by atoms with van der Waals surface area (Å²) in [7, 11) is 0. The number of rotatable bonds is 1. The summed E-state index contributed by atoms with van der Waals surface area (Å²) in [6.45, 7) is 1.86. The molecule has 1 aromatic carbocycles. The minimum atomic E-state index is -0.553. The smallest absolute Gasteiger partial charge is 0.122 e. The first kappa shape index (κ1) is 11.3. The van der Waals surface area contributed by atoms with E-state index in [1.807, 2.05) is 6.92 Å². The van der Waals surface area contributed by atoms with E-state index in [-0.39, 0.29) is 11.5 Å². The van der Waals surface area contributed by atoms with Crippen LogP contribution in [0.5, 0.6) is 11.5 Å². The molecule has 1 aliphatic carbocycles. The molecule has 2 rings (SSSR count). The van der Waals surface area contributed by atoms with Crippen LogP contribution in [0.25, 0.3) is 0 Å². The van der Waals surface area contributed by atoms with E-state index in [1.165, 1.54) is 6.07 Å². The lowest BCUT2D eigenvalue weighted by molar-refractivity contribution is 0.0169. The second-order valence-corrected chi connectivity index (χ2v) is 5.01. The zero-order chi connectivity index (χ0) is 11.8. The third-order valence-electron chi connectivity index (χ3n) is 3.52. The predicted molar refractivity (Wildman–Crippen MR) is 61.6 cm³/mol. The van der Waals surface area contributed by atoms with Crippen LogP contribution in [0.2, 0.25) is 0 Å². The number of aliphatic hydroxyl groups is 1. The molecule has 0 unspecified atom stereocenters. The van der Waals surface area contributed by atoms with E-state index in [2.05, 4.69) is 0 Å². The molecule has 0 atom stereocenters. The van der Waals surface area contributed by atoms with E-state index in [0.717, 1.165) is 31.2 Å². The van der Waals surface area contributed by atoms with Gasteiger partial charge in [0.05, 0.1) is 5.60 Å². The number of phenols is 2. The average Bonchev–Trinajstić information content (AvgIpc) is 2.19. The molecular weight excluding hydrogens is 204 g/mol. The van der Waals surface area contributed by atoms with Gasteiger partial charge in [0.15, 0.2) is 0 Å². The second kappa shape index (κ2) is 3.98. The van der Waals surface area contributed by atoms with Crippen LogP contribution in [-0.2, 0) is 0 Å². The molecule has 3 heteroatoms. The van der Waals surface area contributed by atoms with E-state index < -0.39 is 5.60 Å². The first-order chi connectivity index (χ1) is 7.48. The first-order valence-electron chi connectivity index (χ1n) is 5.72. The highest BCUT2D eigenvalue weighted by atomic mass is 16.3. The molecule has 0 saturated heterocycles. The lowest BCUT2D eigenvalue weighted by Gasteiger charge is -2.33. The van der Waals surface area contributed by atoms with Crippen molar-refractivity contribution in [3.63, 3.8) is 0 Å². The maximum absolute atomic E-state index is 9.85. The molecule has 0 spiro atoms. The lowest BCUT2D eigenvalue weighted by Crippen LogP contribution is -2.29. The van der Waals surface area contributed by atoms with Gasteiger partial charge in [-0.2, -0.15) is 0 Å². The van der Waals surface area contributed by atoms with Gasteiger partial charge in [-0.05, 0) is 50.2 Å². The average molecular weight is 222 g/mol. The minimum Gasteiger partial charge on any atom is -0.508 e. The van der Waals surface area contributed by atoms with E-state index in [4.69, 9.17) is 0 Å². The standard InChI is InChI=1S/C13H18O3/c1-13(16)6-4-9(5-7-13)11-3-2-10(14)8-12(11)15/h2-3,8-9,14-16H,4-7H2,1H3. The number of benzene rings is 1. The third kappa shape index (κ3) is 2.30. The summed E-state index contributed by atoms with van der Waals surface area (Å²) in [5.74, 6) is 0.538. The Kier molecular flexibility index (Phi) is 2.80. The number of hydrogen-bond donors (Lipinski definition) is 3. The van der Waals surface area contributed by atoms with Gasteiger partial charge in [0.2, 0.25) is 0 Å². The zero-order valence-corrected chi connectivity index (χ0v) is 9.48. The molecule has 1 saturated carbocycles. The monoisotopic (exact) mass is 222 g/mol. The maximum Gasteiger partial charge on any atom is 0.122 e. The van der Waals surface area contributed by atoms with Gasteiger partial charge in [-0.3, -0.25) is 0 Å². The largest absolute Gasteiger partial charge is 0.508 e. The summed E-state index contributed by atoms with van der Waals surface area (Å²) >= 11 is 0. The molecule has 0 heterocycles. The van der Waals surface area contributed by atoms with Gasteiger partial charge in [0.1, 0.15) is 11.5 Å². The number of aromatic hydroxyl groups is 2. The van der Waals surface area contributed by atoms with Crippen molar-refractivity contribution in [3.05, 3.63) is 23.8 Å². The zero-order valence-electron chi connectivity index (χ0n) is 9.48. The van der Waals surface area contributed by atoms with Crippen molar-refractivity contribution in [2.24, 2.45) is 0 Å². The molecule has 16 heavy (non-hydrogen) atoms. The van der Waals surface area contributed by atoms with Gasteiger partial charge in [0.25, 0.3) is 0 Å². The van der Waals surface area contributed by atoms with Crippen molar-refractivity contribution in [1.82, 2.24) is 0 Å². The fourth-order valence-corrected chi connectivity index (χ4v) is 2.43. The second-order valence-electron chi connectivity index (χ2n) is 5.01. The molecule has 3 N–H and O–H groups in total. The van der Waals surface area contributed by atoms with E-state index in [1.54, 1.807) is 12.1 Å². The summed E-state index contributed by atoms with van der Waals surface area (Å²) in [4.78, 5) is 0. The van der Waals surface area contributed by atoms with Crippen molar-refractivity contribution >= 4 is 0 Å². The van der Waals surface area contributed by atoms with Gasteiger partial charge in [0, 0.05) is 6.07 Å². The molecule has 1 fully saturated rings. The van der Waals surface area contributed by atoms with Crippen LogP contribution in [0.4, 0.5) is 0 Å². The molecule has 0 aliphatic heterocycles. The molecule has 0 bridgehead atoms. The van der Waals surface area contributed by atoms with Crippen LogP contribution in [0, 0.1) is 0 Å². The van der Waals surface area contributed by atoms with Gasteiger partial charge < -0.3 is 15.3 Å². The van der Waals surface area contributed by atoms with Gasteiger partial charge in [-0.15, -0.1) is 0 Å². The highest BCUT2D eigenvalue weighted by Gasteiger charge is 2.30. The summed E-state index contributed by atoms with van der Waals surface area (Å²) in [5, 5.41) is 28.8. The Labute approximate surface area is 95.4 Å². The quantitative estimate of drug-likeness (QED) is 0.684. The fraction of sp³-hybridized carbons (Fsp3) is 0.538. The van der Waals surface area contributed by atoms with E-state index in [9.17, 15) is 15.3 Å². The van der Waals surface area contributed by atoms with Crippen LogP contribution >= 0.6 is 0 Å². The summed E-state index contributed by atoms with van der Waals surface area (Å²) in [6.07, 6.45) is 3.28. The van der Waals surface area contributed by atoms with Crippen LogP contribution in [0.15, 0.2) is 18.2 Å². The van der Waals surface area contributed by atoms with Crippen molar-refractivity contribution in [3.8, 4) is 11.5 Å². The number of phenolic OH excluding ortho intramolecular Hbond substituents is 2. The van der Waals surface area contributed by atoms with E-state index in [0.29, 0.717) is 5.92 Å². The minimum absolute atomic E-state index is 0.0871. The molecular formula is C13H18O3.